The molecule has 0 saturated carbocycles. The van der Waals surface area contributed by atoms with E-state index < -0.39 is 21.9 Å². The normalized spacial score (nSPS) is 32.0. The van der Waals surface area contributed by atoms with Crippen molar-refractivity contribution in [1.29, 1.82) is 0 Å². The molecule has 0 aromatic carbocycles. The first-order valence-corrected chi connectivity index (χ1v) is 9.21. The number of hydrogen-bond acceptors (Lipinski definition) is 5. The van der Waals surface area contributed by atoms with Gasteiger partial charge in [-0.15, -0.1) is 0 Å². The van der Waals surface area contributed by atoms with Gasteiger partial charge in [0, 0.05) is 26.2 Å². The summed E-state index contributed by atoms with van der Waals surface area (Å²) in [6, 6.07) is 0. The number of piperidine rings is 2. The molecule has 2 aliphatic heterocycles. The molecule has 2 rings (SSSR count). The molecule has 3 atom stereocenters. The number of hydrogen-bond donors (Lipinski definition) is 2. The van der Waals surface area contributed by atoms with Crippen molar-refractivity contribution in [1.82, 2.24) is 9.62 Å². The van der Waals surface area contributed by atoms with Crippen LogP contribution in [0.3, 0.4) is 0 Å². The molecular weight excluding hydrogens is 296 g/mol. The van der Waals surface area contributed by atoms with E-state index in [2.05, 4.69) is 5.32 Å². The number of ether oxygens (including phenoxy) is 1. The minimum absolute atomic E-state index is 0.103. The zero-order valence-electron chi connectivity index (χ0n) is 12.3. The first-order chi connectivity index (χ1) is 9.86. The van der Waals surface area contributed by atoms with Crippen molar-refractivity contribution < 1.29 is 23.1 Å². The van der Waals surface area contributed by atoms with E-state index in [0.717, 1.165) is 12.8 Å². The van der Waals surface area contributed by atoms with Crippen LogP contribution in [0.2, 0.25) is 0 Å². The van der Waals surface area contributed by atoms with Gasteiger partial charge in [-0.1, -0.05) is 0 Å². The molecule has 2 N–H and O–H groups in total. The van der Waals surface area contributed by atoms with Crippen LogP contribution in [0.4, 0.5) is 0 Å². The quantitative estimate of drug-likeness (QED) is 0.724. The van der Waals surface area contributed by atoms with Crippen LogP contribution in [-0.4, -0.2) is 68.9 Å². The van der Waals surface area contributed by atoms with Crippen molar-refractivity contribution in [3.63, 3.8) is 0 Å². The van der Waals surface area contributed by atoms with Gasteiger partial charge in [-0.2, -0.15) is 0 Å². The molecule has 2 saturated heterocycles. The maximum Gasteiger partial charge on any atom is 0.307 e. The second-order valence-corrected chi connectivity index (χ2v) is 8.00. The molecule has 2 fully saturated rings. The molecule has 0 amide bonds. The Morgan fingerprint density at radius 2 is 2.19 bits per heavy atom. The van der Waals surface area contributed by atoms with Crippen LogP contribution in [0.1, 0.15) is 19.3 Å². The number of carboxylic acid groups (broad SMARTS) is 1. The highest BCUT2D eigenvalue weighted by Gasteiger charge is 2.30. The van der Waals surface area contributed by atoms with E-state index in [-0.39, 0.29) is 12.0 Å². The third kappa shape index (κ3) is 4.91. The average Bonchev–Trinajstić information content (AvgIpc) is 2.45. The van der Waals surface area contributed by atoms with Crippen molar-refractivity contribution in [2.75, 3.05) is 39.0 Å². The molecule has 3 unspecified atom stereocenters. The van der Waals surface area contributed by atoms with Crippen LogP contribution in [0, 0.1) is 11.8 Å². The van der Waals surface area contributed by atoms with Crippen LogP contribution in [0.15, 0.2) is 0 Å². The molecular formula is C13H24N2O5S. The summed E-state index contributed by atoms with van der Waals surface area (Å²) >= 11 is 0. The lowest BCUT2D eigenvalue weighted by molar-refractivity contribution is -0.144. The number of rotatable bonds is 5. The fourth-order valence-corrected chi connectivity index (χ4v) is 3.90. The SMILES string of the molecule is CS(=O)(=O)N1CCCC(COC2CNCC(C(=O)O)C2)C1. The predicted octanol–water partition coefficient (Wildman–Crippen LogP) is -0.263. The molecule has 2 heterocycles. The molecule has 0 aromatic rings. The smallest absolute Gasteiger partial charge is 0.307 e. The van der Waals surface area contributed by atoms with Gasteiger partial charge in [0.15, 0.2) is 0 Å². The molecule has 21 heavy (non-hydrogen) atoms. The summed E-state index contributed by atoms with van der Waals surface area (Å²) in [5.74, 6) is -1.00. The number of nitrogens with zero attached hydrogens (tertiary/aromatic N) is 1. The van der Waals surface area contributed by atoms with Crippen molar-refractivity contribution >= 4 is 16.0 Å². The molecule has 0 radical (unpaired) electrons. The van der Waals surface area contributed by atoms with Crippen LogP contribution >= 0.6 is 0 Å². The van der Waals surface area contributed by atoms with Gasteiger partial charge in [-0.05, 0) is 25.2 Å². The van der Waals surface area contributed by atoms with Crippen molar-refractivity contribution in [3.05, 3.63) is 0 Å². The molecule has 0 aliphatic carbocycles. The van der Waals surface area contributed by atoms with Crippen LogP contribution < -0.4 is 5.32 Å². The largest absolute Gasteiger partial charge is 0.481 e. The highest BCUT2D eigenvalue weighted by atomic mass is 32.2. The maximum absolute atomic E-state index is 11.6. The number of carbonyl (C=O) groups is 1. The van der Waals surface area contributed by atoms with Gasteiger partial charge < -0.3 is 15.2 Å². The Morgan fingerprint density at radius 1 is 1.43 bits per heavy atom. The van der Waals surface area contributed by atoms with E-state index in [1.54, 1.807) is 0 Å². The molecule has 8 heteroatoms. The molecule has 2 aliphatic rings. The Bertz CT molecular complexity index is 467. The van der Waals surface area contributed by atoms with E-state index in [1.807, 2.05) is 0 Å². The summed E-state index contributed by atoms with van der Waals surface area (Å²) in [4.78, 5) is 11.0. The Balaban J connectivity index is 1.78. The maximum atomic E-state index is 11.6. The molecule has 0 spiro atoms. The number of sulfonamides is 1. The van der Waals surface area contributed by atoms with Crippen LogP contribution in [-0.2, 0) is 19.6 Å². The van der Waals surface area contributed by atoms with Crippen molar-refractivity contribution in [2.24, 2.45) is 11.8 Å². The average molecular weight is 320 g/mol. The second-order valence-electron chi connectivity index (χ2n) is 6.01. The van der Waals surface area contributed by atoms with E-state index in [0.29, 0.717) is 39.2 Å². The number of aliphatic carboxylic acids is 1. The summed E-state index contributed by atoms with van der Waals surface area (Å²) in [5, 5.41) is 12.1. The molecule has 122 valence electrons. The van der Waals surface area contributed by atoms with Gasteiger partial charge >= 0.3 is 5.97 Å². The summed E-state index contributed by atoms with van der Waals surface area (Å²) in [6.07, 6.45) is 3.45. The van der Waals surface area contributed by atoms with Crippen molar-refractivity contribution in [2.45, 2.75) is 25.4 Å². The van der Waals surface area contributed by atoms with Crippen LogP contribution in [0.5, 0.6) is 0 Å². The lowest BCUT2D eigenvalue weighted by Crippen LogP contribution is -2.45. The lowest BCUT2D eigenvalue weighted by atomic mass is 9.97. The van der Waals surface area contributed by atoms with Gasteiger partial charge in [-0.25, -0.2) is 12.7 Å². The summed E-state index contributed by atoms with van der Waals surface area (Å²) < 4.78 is 30.5. The number of carboxylic acids is 1. The Kier molecular flexibility index (Phi) is 5.59. The van der Waals surface area contributed by atoms with Gasteiger partial charge in [0.1, 0.15) is 0 Å². The first-order valence-electron chi connectivity index (χ1n) is 7.36. The van der Waals surface area contributed by atoms with Gasteiger partial charge in [0.25, 0.3) is 0 Å². The highest BCUT2D eigenvalue weighted by Crippen LogP contribution is 2.21. The third-order valence-corrected chi connectivity index (χ3v) is 5.45. The van der Waals surface area contributed by atoms with Gasteiger partial charge in [0.05, 0.1) is 24.9 Å². The fourth-order valence-electron chi connectivity index (χ4n) is 2.95. The van der Waals surface area contributed by atoms with E-state index in [1.165, 1.54) is 10.6 Å². The first kappa shape index (κ1) is 16.7. The standard InChI is InChI=1S/C13H24N2O5S/c1-21(18,19)15-4-2-3-10(8-15)9-20-12-5-11(13(16)17)6-14-7-12/h10-12,14H,2-9H2,1H3,(H,16,17). The van der Waals surface area contributed by atoms with Crippen LogP contribution in [0.25, 0.3) is 0 Å². The second kappa shape index (κ2) is 7.04. The monoisotopic (exact) mass is 320 g/mol. The zero-order valence-corrected chi connectivity index (χ0v) is 13.1. The van der Waals surface area contributed by atoms with Crippen molar-refractivity contribution in [3.8, 4) is 0 Å². The predicted molar refractivity (Wildman–Crippen MR) is 77.5 cm³/mol. The lowest BCUT2D eigenvalue weighted by Gasteiger charge is -2.33. The van der Waals surface area contributed by atoms with Gasteiger partial charge in [-0.3, -0.25) is 4.79 Å². The van der Waals surface area contributed by atoms with Gasteiger partial charge in [0.2, 0.25) is 10.0 Å². The zero-order chi connectivity index (χ0) is 15.5. The summed E-state index contributed by atoms with van der Waals surface area (Å²) in [5.41, 5.74) is 0. The minimum atomic E-state index is -3.13. The molecule has 7 nitrogen and oxygen atoms in total. The third-order valence-electron chi connectivity index (χ3n) is 4.18. The molecule has 0 aromatic heterocycles. The Morgan fingerprint density at radius 3 is 2.86 bits per heavy atom. The Hall–Kier alpha value is -0.700. The van der Waals surface area contributed by atoms with E-state index in [9.17, 15) is 13.2 Å². The van der Waals surface area contributed by atoms with E-state index >= 15 is 0 Å². The molecule has 0 bridgehead atoms. The topological polar surface area (TPSA) is 95.9 Å². The number of nitrogens with one attached hydrogen (secondary N) is 1. The van der Waals surface area contributed by atoms with E-state index in [4.69, 9.17) is 9.84 Å². The highest BCUT2D eigenvalue weighted by molar-refractivity contribution is 7.88. The summed E-state index contributed by atoms with van der Waals surface area (Å²) in [7, 11) is -3.13. The Labute approximate surface area is 125 Å². The fraction of sp³-hybridized carbons (Fsp3) is 0.923. The minimum Gasteiger partial charge on any atom is -0.481 e. The summed E-state index contributed by atoms with van der Waals surface area (Å²) in [6.45, 7) is 2.72.